The third-order valence-corrected chi connectivity index (χ3v) is 6.29. The lowest BCUT2D eigenvalue weighted by Crippen LogP contribution is -2.55. The van der Waals surface area contributed by atoms with Crippen LogP contribution in [0.2, 0.25) is 0 Å². The molecule has 2 fully saturated rings. The minimum absolute atomic E-state index is 0. The minimum atomic E-state index is -3.80. The summed E-state index contributed by atoms with van der Waals surface area (Å²) >= 11 is 0. The first kappa shape index (κ1) is 21.1. The summed E-state index contributed by atoms with van der Waals surface area (Å²) in [4.78, 5) is 14.3. The Morgan fingerprint density at radius 1 is 1.23 bits per heavy atom. The average Bonchev–Trinajstić information content (AvgIpc) is 2.62. The van der Waals surface area contributed by atoms with Crippen LogP contribution in [0.3, 0.4) is 0 Å². The van der Waals surface area contributed by atoms with Crippen LogP contribution < -0.4 is 10.0 Å². The molecule has 2 aliphatic heterocycles. The van der Waals surface area contributed by atoms with E-state index in [9.17, 15) is 17.6 Å². The fourth-order valence-corrected chi connectivity index (χ4v) is 4.77. The molecule has 0 spiro atoms. The summed E-state index contributed by atoms with van der Waals surface area (Å²) in [7, 11) is -3.80. The third kappa shape index (κ3) is 5.16. The highest BCUT2D eigenvalue weighted by Gasteiger charge is 2.31. The Hall–Kier alpha value is -1.22. The predicted octanol–water partition coefficient (Wildman–Crippen LogP) is 1.66. The van der Waals surface area contributed by atoms with E-state index < -0.39 is 15.8 Å². The maximum Gasteiger partial charge on any atom is 0.240 e. The van der Waals surface area contributed by atoms with Gasteiger partial charge in [-0.15, -0.1) is 12.4 Å². The van der Waals surface area contributed by atoms with Crippen molar-refractivity contribution in [2.45, 2.75) is 49.1 Å². The number of likely N-dealkylation sites (tertiary alicyclic amines) is 1. The van der Waals surface area contributed by atoms with Gasteiger partial charge in [-0.2, -0.15) is 0 Å². The van der Waals surface area contributed by atoms with Crippen molar-refractivity contribution in [2.75, 3.05) is 19.6 Å². The van der Waals surface area contributed by atoms with Crippen molar-refractivity contribution < 1.29 is 17.6 Å². The monoisotopic (exact) mass is 405 g/mol. The number of hydrogen-bond donors (Lipinski definition) is 2. The van der Waals surface area contributed by atoms with Crippen molar-refractivity contribution >= 4 is 28.3 Å². The molecule has 9 heteroatoms. The van der Waals surface area contributed by atoms with E-state index in [1.165, 1.54) is 18.2 Å². The van der Waals surface area contributed by atoms with Crippen molar-refractivity contribution in [3.8, 4) is 0 Å². The molecule has 26 heavy (non-hydrogen) atoms. The lowest BCUT2D eigenvalue weighted by Gasteiger charge is -2.36. The molecule has 0 saturated carbocycles. The number of carbonyl (C=O) groups excluding carboxylic acids is 1. The Labute approximate surface area is 160 Å². The van der Waals surface area contributed by atoms with Crippen molar-refractivity contribution in [3.63, 3.8) is 0 Å². The van der Waals surface area contributed by atoms with Gasteiger partial charge >= 0.3 is 0 Å². The summed E-state index contributed by atoms with van der Waals surface area (Å²) in [6.45, 7) is 1.85. The van der Waals surface area contributed by atoms with Crippen LogP contribution in [0.15, 0.2) is 29.2 Å². The molecule has 1 aromatic carbocycles. The SMILES string of the molecule is Cl.O=C(C1CCCCN1)N1CCCC(NS(=O)(=O)c2cccc(F)c2)C1. The predicted molar refractivity (Wildman–Crippen MR) is 99.2 cm³/mol. The molecule has 2 unspecified atom stereocenters. The summed E-state index contributed by atoms with van der Waals surface area (Å²) < 4.78 is 40.8. The molecule has 2 aliphatic rings. The lowest BCUT2D eigenvalue weighted by molar-refractivity contribution is -0.135. The largest absolute Gasteiger partial charge is 0.340 e. The highest BCUT2D eigenvalue weighted by atomic mass is 35.5. The van der Waals surface area contributed by atoms with Gasteiger partial charge in [0, 0.05) is 19.1 Å². The van der Waals surface area contributed by atoms with Crippen LogP contribution >= 0.6 is 12.4 Å². The van der Waals surface area contributed by atoms with Crippen molar-refractivity contribution in [2.24, 2.45) is 0 Å². The number of benzene rings is 1. The van der Waals surface area contributed by atoms with E-state index in [2.05, 4.69) is 10.0 Å². The fourth-order valence-electron chi connectivity index (χ4n) is 3.48. The molecule has 2 heterocycles. The number of rotatable bonds is 4. The second-order valence-corrected chi connectivity index (χ2v) is 8.42. The van der Waals surface area contributed by atoms with Gasteiger partial charge < -0.3 is 10.2 Å². The molecule has 2 saturated heterocycles. The molecule has 0 aromatic heterocycles. The number of amides is 1. The van der Waals surface area contributed by atoms with E-state index in [0.29, 0.717) is 19.5 Å². The Balaban J connectivity index is 0.00000243. The van der Waals surface area contributed by atoms with Gasteiger partial charge in [0.2, 0.25) is 15.9 Å². The zero-order valence-corrected chi connectivity index (χ0v) is 16.1. The van der Waals surface area contributed by atoms with Gasteiger partial charge in [0.15, 0.2) is 0 Å². The maximum absolute atomic E-state index is 13.3. The number of nitrogens with one attached hydrogen (secondary N) is 2. The van der Waals surface area contributed by atoms with Crippen molar-refractivity contribution in [3.05, 3.63) is 30.1 Å². The van der Waals surface area contributed by atoms with Crippen LogP contribution in [0.25, 0.3) is 0 Å². The Kier molecular flexibility index (Phi) is 7.40. The second-order valence-electron chi connectivity index (χ2n) is 6.70. The van der Waals surface area contributed by atoms with Crippen molar-refractivity contribution in [1.82, 2.24) is 14.9 Å². The minimum Gasteiger partial charge on any atom is -0.340 e. The average molecular weight is 406 g/mol. The lowest BCUT2D eigenvalue weighted by atomic mass is 10.0. The third-order valence-electron chi connectivity index (χ3n) is 4.77. The van der Waals surface area contributed by atoms with E-state index in [1.807, 2.05) is 0 Å². The van der Waals surface area contributed by atoms with E-state index >= 15 is 0 Å². The van der Waals surface area contributed by atoms with E-state index in [1.54, 1.807) is 4.90 Å². The molecular formula is C17H25ClFN3O3S. The molecule has 0 aliphatic carbocycles. The highest BCUT2D eigenvalue weighted by Crippen LogP contribution is 2.18. The van der Waals surface area contributed by atoms with Crippen LogP contribution in [0.5, 0.6) is 0 Å². The van der Waals surface area contributed by atoms with Gasteiger partial charge in [-0.05, 0) is 50.4 Å². The molecule has 6 nitrogen and oxygen atoms in total. The van der Waals surface area contributed by atoms with Gasteiger partial charge in [0.25, 0.3) is 0 Å². The Morgan fingerprint density at radius 3 is 2.73 bits per heavy atom. The molecule has 1 aromatic rings. The molecule has 2 N–H and O–H groups in total. The first-order chi connectivity index (χ1) is 12.0. The number of piperidine rings is 2. The molecule has 0 radical (unpaired) electrons. The number of nitrogens with zero attached hydrogens (tertiary/aromatic N) is 1. The van der Waals surface area contributed by atoms with Gasteiger partial charge in [-0.1, -0.05) is 12.5 Å². The summed E-state index contributed by atoms with van der Waals surface area (Å²) in [5, 5.41) is 3.24. The van der Waals surface area contributed by atoms with Crippen molar-refractivity contribution in [1.29, 1.82) is 0 Å². The second kappa shape index (κ2) is 9.12. The first-order valence-corrected chi connectivity index (χ1v) is 10.2. The summed E-state index contributed by atoms with van der Waals surface area (Å²) in [6, 6.07) is 4.43. The Morgan fingerprint density at radius 2 is 2.04 bits per heavy atom. The zero-order chi connectivity index (χ0) is 17.9. The summed E-state index contributed by atoms with van der Waals surface area (Å²) in [5.74, 6) is -0.541. The number of sulfonamides is 1. The summed E-state index contributed by atoms with van der Waals surface area (Å²) in [5.41, 5.74) is 0. The van der Waals surface area contributed by atoms with Crippen LogP contribution in [0.4, 0.5) is 4.39 Å². The van der Waals surface area contributed by atoms with Gasteiger partial charge in [0.1, 0.15) is 5.82 Å². The van der Waals surface area contributed by atoms with Crippen LogP contribution in [-0.4, -0.2) is 50.9 Å². The quantitative estimate of drug-likeness (QED) is 0.798. The molecule has 146 valence electrons. The molecule has 3 rings (SSSR count). The van der Waals surface area contributed by atoms with E-state index in [0.717, 1.165) is 38.3 Å². The number of carbonyl (C=O) groups is 1. The standard InChI is InChI=1S/C17H24FN3O3S.ClH/c18-13-5-3-7-15(11-13)25(23,24)20-14-6-4-10-21(12-14)17(22)16-8-1-2-9-19-16;/h3,5,7,11,14,16,19-20H,1-2,4,6,8-10,12H2;1H. The first-order valence-electron chi connectivity index (χ1n) is 8.76. The molecule has 1 amide bonds. The summed E-state index contributed by atoms with van der Waals surface area (Å²) in [6.07, 6.45) is 4.35. The fraction of sp³-hybridized carbons (Fsp3) is 0.588. The van der Waals surface area contributed by atoms with Crippen LogP contribution in [0.1, 0.15) is 32.1 Å². The number of halogens is 2. The molecule has 0 bridgehead atoms. The van der Waals surface area contributed by atoms with E-state index in [-0.39, 0.29) is 35.3 Å². The maximum atomic E-state index is 13.3. The molecular weight excluding hydrogens is 381 g/mol. The van der Waals surface area contributed by atoms with E-state index in [4.69, 9.17) is 0 Å². The normalized spacial score (nSPS) is 24.0. The smallest absolute Gasteiger partial charge is 0.240 e. The highest BCUT2D eigenvalue weighted by molar-refractivity contribution is 7.89. The van der Waals surface area contributed by atoms with Gasteiger partial charge in [-0.3, -0.25) is 4.79 Å². The number of hydrogen-bond acceptors (Lipinski definition) is 4. The zero-order valence-electron chi connectivity index (χ0n) is 14.5. The molecule has 2 atom stereocenters. The van der Waals surface area contributed by atoms with Gasteiger partial charge in [0.05, 0.1) is 10.9 Å². The van der Waals surface area contributed by atoms with Gasteiger partial charge in [-0.25, -0.2) is 17.5 Å². The van der Waals surface area contributed by atoms with Crippen LogP contribution in [0, 0.1) is 5.82 Å². The Bertz CT molecular complexity index is 726. The van der Waals surface area contributed by atoms with Crippen LogP contribution in [-0.2, 0) is 14.8 Å². The topological polar surface area (TPSA) is 78.5 Å².